The van der Waals surface area contributed by atoms with Gasteiger partial charge in [0.2, 0.25) is 0 Å². The summed E-state index contributed by atoms with van der Waals surface area (Å²) in [6.45, 7) is 5.76. The standard InChI is InChI=1S/C20H24N4O2/c1-13-14(2)22-19-11-18(15-6-8-16(25-3)9-7-15)23-24(19)20(13)21-12-17-5-4-10-26-17/h6-9,11,17,21H,4-5,10,12H2,1-3H3/t17-/m1/s1. The van der Waals surface area contributed by atoms with Crippen molar-refractivity contribution in [1.82, 2.24) is 14.6 Å². The van der Waals surface area contributed by atoms with Gasteiger partial charge in [-0.05, 0) is 51.0 Å². The summed E-state index contributed by atoms with van der Waals surface area (Å²) in [5.41, 5.74) is 4.89. The molecule has 3 heterocycles. The van der Waals surface area contributed by atoms with E-state index in [4.69, 9.17) is 19.6 Å². The van der Waals surface area contributed by atoms with E-state index < -0.39 is 0 Å². The molecule has 1 atom stereocenters. The van der Waals surface area contributed by atoms with Crippen molar-refractivity contribution < 1.29 is 9.47 Å². The summed E-state index contributed by atoms with van der Waals surface area (Å²) >= 11 is 0. The summed E-state index contributed by atoms with van der Waals surface area (Å²) in [5.74, 6) is 1.82. The lowest BCUT2D eigenvalue weighted by Gasteiger charge is -2.15. The second kappa shape index (κ2) is 6.96. The van der Waals surface area contributed by atoms with Crippen LogP contribution in [-0.2, 0) is 4.74 Å². The first-order valence-corrected chi connectivity index (χ1v) is 9.02. The van der Waals surface area contributed by atoms with Crippen LogP contribution in [0.3, 0.4) is 0 Å². The molecule has 0 amide bonds. The molecule has 0 aliphatic carbocycles. The Labute approximate surface area is 153 Å². The molecular formula is C20H24N4O2. The average molecular weight is 352 g/mol. The summed E-state index contributed by atoms with van der Waals surface area (Å²) in [4.78, 5) is 4.70. The van der Waals surface area contributed by atoms with Crippen LogP contribution in [0.5, 0.6) is 5.75 Å². The number of ether oxygens (including phenoxy) is 2. The fourth-order valence-corrected chi connectivity index (χ4v) is 3.33. The van der Waals surface area contributed by atoms with Crippen LogP contribution in [0.2, 0.25) is 0 Å². The van der Waals surface area contributed by atoms with Gasteiger partial charge in [0, 0.05) is 36.0 Å². The summed E-state index contributed by atoms with van der Waals surface area (Å²) in [6, 6.07) is 9.94. The largest absolute Gasteiger partial charge is 0.497 e. The van der Waals surface area contributed by atoms with Crippen LogP contribution in [0.25, 0.3) is 16.9 Å². The highest BCUT2D eigenvalue weighted by Gasteiger charge is 2.18. The third-order valence-corrected chi connectivity index (χ3v) is 4.99. The molecule has 4 rings (SSSR count). The Morgan fingerprint density at radius 3 is 2.77 bits per heavy atom. The first-order chi connectivity index (χ1) is 12.7. The maximum Gasteiger partial charge on any atom is 0.158 e. The highest BCUT2D eigenvalue weighted by atomic mass is 16.5. The Morgan fingerprint density at radius 2 is 2.08 bits per heavy atom. The van der Waals surface area contributed by atoms with Crippen LogP contribution in [0.1, 0.15) is 24.1 Å². The third-order valence-electron chi connectivity index (χ3n) is 4.99. The molecule has 3 aromatic rings. The smallest absolute Gasteiger partial charge is 0.158 e. The minimum Gasteiger partial charge on any atom is -0.497 e. The number of nitrogens with zero attached hydrogens (tertiary/aromatic N) is 3. The zero-order valence-electron chi connectivity index (χ0n) is 15.5. The molecule has 0 unspecified atom stereocenters. The van der Waals surface area contributed by atoms with E-state index in [1.54, 1.807) is 7.11 Å². The van der Waals surface area contributed by atoms with E-state index in [-0.39, 0.29) is 6.10 Å². The van der Waals surface area contributed by atoms with Crippen molar-refractivity contribution in [2.75, 3.05) is 25.6 Å². The van der Waals surface area contributed by atoms with Gasteiger partial charge in [0.25, 0.3) is 0 Å². The molecular weight excluding hydrogens is 328 g/mol. The molecule has 6 heteroatoms. The van der Waals surface area contributed by atoms with Gasteiger partial charge in [-0.3, -0.25) is 0 Å². The van der Waals surface area contributed by atoms with Crippen LogP contribution in [-0.4, -0.2) is 41.0 Å². The number of hydrogen-bond acceptors (Lipinski definition) is 5. The molecule has 1 aromatic carbocycles. The lowest BCUT2D eigenvalue weighted by atomic mass is 10.1. The second-order valence-corrected chi connectivity index (χ2v) is 6.71. The number of aryl methyl sites for hydroxylation is 1. The van der Waals surface area contributed by atoms with Crippen molar-refractivity contribution in [3.63, 3.8) is 0 Å². The Balaban J connectivity index is 1.70. The topological polar surface area (TPSA) is 60.7 Å². The summed E-state index contributed by atoms with van der Waals surface area (Å²) in [7, 11) is 1.67. The molecule has 26 heavy (non-hydrogen) atoms. The van der Waals surface area contributed by atoms with E-state index >= 15 is 0 Å². The fraction of sp³-hybridized carbons (Fsp3) is 0.400. The van der Waals surface area contributed by atoms with E-state index in [1.165, 1.54) is 0 Å². The number of hydrogen-bond donors (Lipinski definition) is 1. The second-order valence-electron chi connectivity index (χ2n) is 6.71. The summed E-state index contributed by atoms with van der Waals surface area (Å²) in [5, 5.41) is 8.33. The molecule has 1 aliphatic rings. The SMILES string of the molecule is COc1ccc(-c2cc3nc(C)c(C)c(NC[C@H]4CCCO4)n3n2)cc1. The zero-order chi connectivity index (χ0) is 18.1. The molecule has 0 radical (unpaired) electrons. The maximum absolute atomic E-state index is 5.73. The molecule has 1 aliphatic heterocycles. The Kier molecular flexibility index (Phi) is 4.51. The van der Waals surface area contributed by atoms with E-state index in [2.05, 4.69) is 12.2 Å². The number of aromatic nitrogens is 3. The predicted molar refractivity (Wildman–Crippen MR) is 102 cm³/mol. The number of fused-ring (bicyclic) bond motifs is 1. The van der Waals surface area contributed by atoms with Gasteiger partial charge in [-0.25, -0.2) is 4.98 Å². The number of methoxy groups -OCH3 is 1. The molecule has 0 saturated carbocycles. The third kappa shape index (κ3) is 3.12. The van der Waals surface area contributed by atoms with Gasteiger partial charge in [0.05, 0.1) is 18.9 Å². The first-order valence-electron chi connectivity index (χ1n) is 9.02. The maximum atomic E-state index is 5.73. The molecule has 1 N–H and O–H groups in total. The van der Waals surface area contributed by atoms with Gasteiger partial charge < -0.3 is 14.8 Å². The van der Waals surface area contributed by atoms with Gasteiger partial charge in [-0.2, -0.15) is 9.61 Å². The van der Waals surface area contributed by atoms with E-state index in [9.17, 15) is 0 Å². The van der Waals surface area contributed by atoms with E-state index in [1.807, 2.05) is 41.8 Å². The van der Waals surface area contributed by atoms with Crippen LogP contribution < -0.4 is 10.1 Å². The van der Waals surface area contributed by atoms with Gasteiger partial charge in [-0.15, -0.1) is 0 Å². The number of benzene rings is 1. The van der Waals surface area contributed by atoms with Crippen LogP contribution in [0, 0.1) is 13.8 Å². The molecule has 1 fully saturated rings. The molecule has 0 spiro atoms. The molecule has 2 aromatic heterocycles. The van der Waals surface area contributed by atoms with Crippen LogP contribution in [0.4, 0.5) is 5.82 Å². The molecule has 6 nitrogen and oxygen atoms in total. The minimum atomic E-state index is 0.273. The minimum absolute atomic E-state index is 0.273. The molecule has 0 bridgehead atoms. The average Bonchev–Trinajstić information content (AvgIpc) is 3.32. The fourth-order valence-electron chi connectivity index (χ4n) is 3.33. The highest BCUT2D eigenvalue weighted by molar-refractivity contribution is 5.67. The van der Waals surface area contributed by atoms with Crippen LogP contribution >= 0.6 is 0 Å². The van der Waals surface area contributed by atoms with Crippen LogP contribution in [0.15, 0.2) is 30.3 Å². The Bertz CT molecular complexity index is 912. The lowest BCUT2D eigenvalue weighted by molar-refractivity contribution is 0.120. The van der Waals surface area contributed by atoms with Gasteiger partial charge >= 0.3 is 0 Å². The Morgan fingerprint density at radius 1 is 1.27 bits per heavy atom. The van der Waals surface area contributed by atoms with Crippen molar-refractivity contribution in [2.24, 2.45) is 0 Å². The summed E-state index contributed by atoms with van der Waals surface area (Å²) < 4.78 is 12.9. The van der Waals surface area contributed by atoms with Crippen molar-refractivity contribution in [3.05, 3.63) is 41.6 Å². The number of nitrogens with one attached hydrogen (secondary N) is 1. The van der Waals surface area contributed by atoms with Gasteiger partial charge in [0.1, 0.15) is 11.6 Å². The van der Waals surface area contributed by atoms with Crippen molar-refractivity contribution >= 4 is 11.5 Å². The van der Waals surface area contributed by atoms with Gasteiger partial charge in [0.15, 0.2) is 5.65 Å². The monoisotopic (exact) mass is 352 g/mol. The quantitative estimate of drug-likeness (QED) is 0.760. The highest BCUT2D eigenvalue weighted by Crippen LogP contribution is 2.26. The van der Waals surface area contributed by atoms with Gasteiger partial charge in [-0.1, -0.05) is 0 Å². The van der Waals surface area contributed by atoms with Crippen molar-refractivity contribution in [3.8, 4) is 17.0 Å². The van der Waals surface area contributed by atoms with E-state index in [0.717, 1.165) is 65.7 Å². The summed E-state index contributed by atoms with van der Waals surface area (Å²) in [6.07, 6.45) is 2.52. The molecule has 1 saturated heterocycles. The number of rotatable bonds is 5. The molecule has 136 valence electrons. The van der Waals surface area contributed by atoms with Crippen molar-refractivity contribution in [2.45, 2.75) is 32.8 Å². The normalized spacial score (nSPS) is 17.0. The zero-order valence-corrected chi connectivity index (χ0v) is 15.5. The first kappa shape index (κ1) is 16.8. The number of anilines is 1. The van der Waals surface area contributed by atoms with Crippen molar-refractivity contribution in [1.29, 1.82) is 0 Å². The lowest BCUT2D eigenvalue weighted by Crippen LogP contribution is -2.21. The predicted octanol–water partition coefficient (Wildman–Crippen LogP) is 3.61. The Hall–Kier alpha value is -2.60. The van der Waals surface area contributed by atoms with E-state index in [0.29, 0.717) is 0 Å².